The minimum Gasteiger partial charge on any atom is -0.492 e. The molecule has 7 heteroatoms. The Morgan fingerprint density at radius 1 is 1.24 bits per heavy atom. The molecule has 2 aromatic carbocycles. The molecular formula is C22H25N3O4. The highest BCUT2D eigenvalue weighted by atomic mass is 16.5. The average molecular weight is 395 g/mol. The predicted molar refractivity (Wildman–Crippen MR) is 112 cm³/mol. The second kappa shape index (κ2) is 8.79. The Hall–Kier alpha value is -3.32. The van der Waals surface area contributed by atoms with E-state index in [9.17, 15) is 9.90 Å². The predicted octanol–water partition coefficient (Wildman–Crippen LogP) is 3.24. The third-order valence-corrected chi connectivity index (χ3v) is 4.95. The Bertz CT molecular complexity index is 1010. The zero-order chi connectivity index (χ0) is 21.0. The number of rotatable bonds is 9. The van der Waals surface area contributed by atoms with E-state index in [1.165, 1.54) is 0 Å². The van der Waals surface area contributed by atoms with E-state index in [-0.39, 0.29) is 18.3 Å². The summed E-state index contributed by atoms with van der Waals surface area (Å²) in [5, 5.41) is 18.9. The molecule has 0 aliphatic carbocycles. The number of carboxylic acid groups (broad SMARTS) is 1. The van der Waals surface area contributed by atoms with Crippen LogP contribution in [0.2, 0.25) is 0 Å². The molecule has 0 saturated carbocycles. The lowest BCUT2D eigenvalue weighted by Crippen LogP contribution is -2.26. The van der Waals surface area contributed by atoms with Crippen molar-refractivity contribution in [3.8, 4) is 5.75 Å². The van der Waals surface area contributed by atoms with Gasteiger partial charge < -0.3 is 25.7 Å². The Kier molecular flexibility index (Phi) is 6.19. The topological polar surface area (TPSA) is 136 Å². The first kappa shape index (κ1) is 20.4. The quantitative estimate of drug-likeness (QED) is 0.324. The van der Waals surface area contributed by atoms with Crippen LogP contribution in [0.15, 0.2) is 53.1 Å². The number of nitrogen functional groups attached to an aromatic ring is 1. The Morgan fingerprint density at radius 3 is 2.59 bits per heavy atom. The standard InChI is InChI=1S/C22H25N3O4/c1-2-16(23)12-28-17-6-3-13(4-7-17)19(22(26)27)10-20-18-8-5-14(21(24)25)9-15(18)11-29-20/h3-9,11,16,19H,2,10,12,23H2,1H3,(H3,24,25)(H,26,27)/t16-,19?/m0/s1. The SMILES string of the molecule is CC[C@H](N)COc1ccc(C(Cc2occ3cc(C(=N)N)ccc23)C(=O)O)cc1. The molecule has 0 amide bonds. The Labute approximate surface area is 168 Å². The summed E-state index contributed by atoms with van der Waals surface area (Å²) < 4.78 is 11.3. The van der Waals surface area contributed by atoms with Crippen LogP contribution in [0.3, 0.4) is 0 Å². The number of fused-ring (bicyclic) bond motifs is 1. The third kappa shape index (κ3) is 4.75. The van der Waals surface area contributed by atoms with E-state index < -0.39 is 11.9 Å². The lowest BCUT2D eigenvalue weighted by Gasteiger charge is -2.14. The van der Waals surface area contributed by atoms with Crippen molar-refractivity contribution < 1.29 is 19.1 Å². The fourth-order valence-corrected chi connectivity index (χ4v) is 3.09. The number of carbonyl (C=O) groups is 1. The van der Waals surface area contributed by atoms with Crippen LogP contribution >= 0.6 is 0 Å². The van der Waals surface area contributed by atoms with E-state index in [4.69, 9.17) is 26.0 Å². The van der Waals surface area contributed by atoms with Crippen LogP contribution in [-0.4, -0.2) is 29.6 Å². The van der Waals surface area contributed by atoms with Crippen molar-refractivity contribution in [1.82, 2.24) is 0 Å². The van der Waals surface area contributed by atoms with Crippen LogP contribution in [0.5, 0.6) is 5.75 Å². The van der Waals surface area contributed by atoms with Crippen LogP contribution < -0.4 is 16.2 Å². The Morgan fingerprint density at radius 2 is 1.97 bits per heavy atom. The Balaban J connectivity index is 1.79. The molecule has 2 atom stereocenters. The monoisotopic (exact) mass is 395 g/mol. The number of aliphatic carboxylic acids is 1. The van der Waals surface area contributed by atoms with Gasteiger partial charge in [-0.2, -0.15) is 0 Å². The van der Waals surface area contributed by atoms with Gasteiger partial charge in [-0.1, -0.05) is 31.2 Å². The van der Waals surface area contributed by atoms with Crippen LogP contribution in [0.25, 0.3) is 10.8 Å². The van der Waals surface area contributed by atoms with Crippen molar-refractivity contribution in [3.05, 3.63) is 65.6 Å². The van der Waals surface area contributed by atoms with Gasteiger partial charge in [0.15, 0.2) is 0 Å². The summed E-state index contributed by atoms with van der Waals surface area (Å²) in [6.45, 7) is 2.41. The summed E-state index contributed by atoms with van der Waals surface area (Å²) in [5.41, 5.74) is 12.6. The molecule has 7 nitrogen and oxygen atoms in total. The van der Waals surface area contributed by atoms with E-state index in [0.29, 0.717) is 29.2 Å². The third-order valence-electron chi connectivity index (χ3n) is 4.95. The van der Waals surface area contributed by atoms with Crippen molar-refractivity contribution in [2.24, 2.45) is 11.5 Å². The number of nitrogens with one attached hydrogen (secondary N) is 1. The molecule has 29 heavy (non-hydrogen) atoms. The molecule has 0 bridgehead atoms. The number of hydrogen-bond acceptors (Lipinski definition) is 5. The average Bonchev–Trinajstić information content (AvgIpc) is 3.12. The zero-order valence-electron chi connectivity index (χ0n) is 16.2. The minimum atomic E-state index is -0.934. The largest absolute Gasteiger partial charge is 0.492 e. The molecule has 0 fully saturated rings. The highest BCUT2D eigenvalue weighted by molar-refractivity contribution is 5.99. The summed E-state index contributed by atoms with van der Waals surface area (Å²) in [4.78, 5) is 11.9. The number of hydrogen-bond donors (Lipinski definition) is 4. The normalized spacial score (nSPS) is 13.2. The van der Waals surface area contributed by atoms with Gasteiger partial charge in [-0.3, -0.25) is 10.2 Å². The van der Waals surface area contributed by atoms with E-state index in [1.54, 1.807) is 48.7 Å². The fourth-order valence-electron chi connectivity index (χ4n) is 3.09. The van der Waals surface area contributed by atoms with Gasteiger partial charge in [0.2, 0.25) is 0 Å². The zero-order valence-corrected chi connectivity index (χ0v) is 16.2. The van der Waals surface area contributed by atoms with E-state index in [2.05, 4.69) is 0 Å². The van der Waals surface area contributed by atoms with E-state index >= 15 is 0 Å². The number of ether oxygens (including phenoxy) is 1. The molecule has 152 valence electrons. The fraction of sp³-hybridized carbons (Fsp3) is 0.273. The molecular weight excluding hydrogens is 370 g/mol. The van der Waals surface area contributed by atoms with Gasteiger partial charge in [0.05, 0.1) is 12.2 Å². The highest BCUT2D eigenvalue weighted by Crippen LogP contribution is 2.29. The molecule has 1 unspecified atom stereocenters. The number of amidine groups is 1. The van der Waals surface area contributed by atoms with Crippen molar-refractivity contribution in [1.29, 1.82) is 5.41 Å². The molecule has 3 aromatic rings. The van der Waals surface area contributed by atoms with E-state index in [1.807, 2.05) is 6.92 Å². The summed E-state index contributed by atoms with van der Waals surface area (Å²) >= 11 is 0. The maximum Gasteiger partial charge on any atom is 0.311 e. The summed E-state index contributed by atoms with van der Waals surface area (Å²) in [7, 11) is 0. The van der Waals surface area contributed by atoms with Crippen LogP contribution in [0, 0.1) is 5.41 Å². The van der Waals surface area contributed by atoms with Crippen molar-refractivity contribution in [2.75, 3.05) is 6.61 Å². The van der Waals surface area contributed by atoms with E-state index in [0.717, 1.165) is 17.2 Å². The maximum absolute atomic E-state index is 11.9. The van der Waals surface area contributed by atoms with Gasteiger partial charge in [-0.25, -0.2) is 0 Å². The van der Waals surface area contributed by atoms with Crippen LogP contribution in [0.4, 0.5) is 0 Å². The second-order valence-electron chi connectivity index (χ2n) is 7.02. The first-order valence-corrected chi connectivity index (χ1v) is 9.44. The van der Waals surface area contributed by atoms with Gasteiger partial charge in [-0.05, 0) is 30.2 Å². The summed E-state index contributed by atoms with van der Waals surface area (Å²) in [6, 6.07) is 12.3. The molecule has 1 heterocycles. The molecule has 3 rings (SSSR count). The molecule has 0 spiro atoms. The number of benzene rings is 2. The molecule has 0 saturated heterocycles. The van der Waals surface area contributed by atoms with Gasteiger partial charge in [-0.15, -0.1) is 0 Å². The first-order chi connectivity index (χ1) is 13.9. The van der Waals surface area contributed by atoms with Crippen molar-refractivity contribution in [2.45, 2.75) is 31.7 Å². The van der Waals surface area contributed by atoms with Gasteiger partial charge >= 0.3 is 5.97 Å². The number of nitrogens with two attached hydrogens (primary N) is 2. The van der Waals surface area contributed by atoms with Crippen molar-refractivity contribution in [3.63, 3.8) is 0 Å². The van der Waals surface area contributed by atoms with Crippen LogP contribution in [0.1, 0.15) is 36.1 Å². The smallest absolute Gasteiger partial charge is 0.311 e. The van der Waals surface area contributed by atoms with Crippen LogP contribution in [-0.2, 0) is 11.2 Å². The number of furan rings is 1. The number of carboxylic acids is 1. The molecule has 0 aliphatic rings. The molecule has 0 aliphatic heterocycles. The molecule has 6 N–H and O–H groups in total. The molecule has 1 aromatic heterocycles. The van der Waals surface area contributed by atoms with Gasteiger partial charge in [0, 0.05) is 28.8 Å². The summed E-state index contributed by atoms with van der Waals surface area (Å²) in [5.74, 6) is -0.487. The molecule has 0 radical (unpaired) electrons. The lowest BCUT2D eigenvalue weighted by atomic mass is 9.93. The lowest BCUT2D eigenvalue weighted by molar-refractivity contribution is -0.138. The first-order valence-electron chi connectivity index (χ1n) is 9.44. The van der Waals surface area contributed by atoms with Crippen molar-refractivity contribution >= 4 is 22.6 Å². The minimum absolute atomic E-state index is 0.0275. The van der Waals surface area contributed by atoms with Gasteiger partial charge in [0.25, 0.3) is 0 Å². The summed E-state index contributed by atoms with van der Waals surface area (Å²) in [6.07, 6.45) is 2.59. The maximum atomic E-state index is 11.9. The highest BCUT2D eigenvalue weighted by Gasteiger charge is 2.23. The van der Waals surface area contributed by atoms with Gasteiger partial charge in [0.1, 0.15) is 24.0 Å². The second-order valence-corrected chi connectivity index (χ2v) is 7.02.